The Balaban J connectivity index is 1.68. The molecule has 0 aromatic carbocycles. The highest BCUT2D eigenvalue weighted by molar-refractivity contribution is 5.68. The lowest BCUT2D eigenvalue weighted by Gasteiger charge is -2.33. The predicted octanol–water partition coefficient (Wildman–Crippen LogP) is 2.60. The quantitative estimate of drug-likeness (QED) is 0.866. The second-order valence-corrected chi connectivity index (χ2v) is 7.04. The van der Waals surface area contributed by atoms with E-state index in [-0.39, 0.29) is 12.2 Å². The molecule has 1 fully saturated rings. The van der Waals surface area contributed by atoms with Crippen LogP contribution < -0.4 is 0 Å². The number of amides is 1. The number of fused-ring (bicyclic) bond motifs is 1. The molecule has 0 bridgehead atoms. The second kappa shape index (κ2) is 5.91. The number of rotatable bonds is 1. The number of nitrogens with zero attached hydrogens (tertiary/aromatic N) is 2. The summed E-state index contributed by atoms with van der Waals surface area (Å²) in [7, 11) is 0. The Morgan fingerprint density at radius 2 is 2.14 bits per heavy atom. The van der Waals surface area contributed by atoms with Gasteiger partial charge in [0.15, 0.2) is 0 Å². The minimum atomic E-state index is -0.478. The minimum Gasteiger partial charge on any atom is -0.444 e. The van der Waals surface area contributed by atoms with Crippen LogP contribution in [0.15, 0.2) is 0 Å². The summed E-state index contributed by atoms with van der Waals surface area (Å²) in [5, 5.41) is 0. The van der Waals surface area contributed by atoms with Crippen molar-refractivity contribution in [2.24, 2.45) is 0 Å². The van der Waals surface area contributed by atoms with Gasteiger partial charge in [0, 0.05) is 12.2 Å². The number of aryl methyl sites for hydroxylation is 2. The van der Waals surface area contributed by atoms with E-state index in [4.69, 9.17) is 9.47 Å². The molecule has 2 aliphatic rings. The first-order chi connectivity index (χ1) is 10.4. The van der Waals surface area contributed by atoms with Gasteiger partial charge < -0.3 is 19.4 Å². The van der Waals surface area contributed by atoms with E-state index < -0.39 is 5.60 Å². The van der Waals surface area contributed by atoms with Crippen molar-refractivity contribution >= 4 is 6.09 Å². The summed E-state index contributed by atoms with van der Waals surface area (Å²) < 4.78 is 11.3. The standard InChI is InChI=1S/C16H25N3O3/c1-16(2,3)22-15(20)19-8-9-21-13(10-19)14-17-11-6-4-5-7-12(11)18-14/h13H,4-10H2,1-3H3,(H,17,18). The van der Waals surface area contributed by atoms with E-state index in [1.165, 1.54) is 24.2 Å². The Kier molecular flexibility index (Phi) is 4.12. The van der Waals surface area contributed by atoms with E-state index in [2.05, 4.69) is 9.97 Å². The van der Waals surface area contributed by atoms with Crippen LogP contribution in [0.1, 0.15) is 56.9 Å². The van der Waals surface area contributed by atoms with Crippen molar-refractivity contribution in [2.45, 2.75) is 58.2 Å². The fourth-order valence-electron chi connectivity index (χ4n) is 2.93. The molecule has 3 rings (SSSR count). The monoisotopic (exact) mass is 307 g/mol. The second-order valence-electron chi connectivity index (χ2n) is 7.04. The number of ether oxygens (including phenoxy) is 2. The van der Waals surface area contributed by atoms with Crippen LogP contribution in [0.5, 0.6) is 0 Å². The van der Waals surface area contributed by atoms with E-state index in [0.717, 1.165) is 18.7 Å². The summed E-state index contributed by atoms with van der Waals surface area (Å²) in [5.41, 5.74) is 1.92. The fourth-order valence-corrected chi connectivity index (χ4v) is 2.93. The molecule has 6 nitrogen and oxygen atoms in total. The lowest BCUT2D eigenvalue weighted by molar-refractivity contribution is -0.0460. The third-order valence-corrected chi connectivity index (χ3v) is 4.00. The molecule has 0 radical (unpaired) electrons. The van der Waals surface area contributed by atoms with E-state index in [1.807, 2.05) is 20.8 Å². The molecule has 0 saturated carbocycles. The highest BCUT2D eigenvalue weighted by Gasteiger charge is 2.31. The predicted molar refractivity (Wildman–Crippen MR) is 81.7 cm³/mol. The van der Waals surface area contributed by atoms with E-state index in [9.17, 15) is 4.79 Å². The number of hydrogen-bond donors (Lipinski definition) is 1. The number of carbonyl (C=O) groups is 1. The van der Waals surface area contributed by atoms with Gasteiger partial charge in [0.05, 0.1) is 18.8 Å². The molecule has 1 unspecified atom stereocenters. The Labute approximate surface area is 131 Å². The first kappa shape index (κ1) is 15.3. The van der Waals surface area contributed by atoms with Crippen LogP contribution in [0.25, 0.3) is 0 Å². The molecule has 122 valence electrons. The molecule has 1 atom stereocenters. The van der Waals surface area contributed by atoms with Gasteiger partial charge in [0.1, 0.15) is 17.5 Å². The molecule has 0 spiro atoms. The lowest BCUT2D eigenvalue weighted by atomic mass is 10.0. The molecule has 1 aromatic heterocycles. The van der Waals surface area contributed by atoms with Crippen molar-refractivity contribution in [1.82, 2.24) is 14.9 Å². The molecule has 1 aromatic rings. The van der Waals surface area contributed by atoms with Crippen molar-refractivity contribution in [3.05, 3.63) is 17.2 Å². The largest absolute Gasteiger partial charge is 0.444 e. The zero-order valence-corrected chi connectivity index (χ0v) is 13.6. The summed E-state index contributed by atoms with van der Waals surface area (Å²) in [5.74, 6) is 0.847. The summed E-state index contributed by atoms with van der Waals surface area (Å²) in [6.07, 6.45) is 4.04. The zero-order chi connectivity index (χ0) is 15.7. The first-order valence-electron chi connectivity index (χ1n) is 8.09. The van der Waals surface area contributed by atoms with Gasteiger partial charge in [-0.2, -0.15) is 0 Å². The normalized spacial score (nSPS) is 22.3. The van der Waals surface area contributed by atoms with Crippen molar-refractivity contribution < 1.29 is 14.3 Å². The summed E-state index contributed by atoms with van der Waals surface area (Å²) >= 11 is 0. The Morgan fingerprint density at radius 1 is 1.36 bits per heavy atom. The molecule has 1 aliphatic heterocycles. The van der Waals surface area contributed by atoms with Gasteiger partial charge in [-0.1, -0.05) is 0 Å². The fraction of sp³-hybridized carbons (Fsp3) is 0.750. The topological polar surface area (TPSA) is 67.4 Å². The van der Waals surface area contributed by atoms with Gasteiger partial charge >= 0.3 is 6.09 Å². The van der Waals surface area contributed by atoms with Crippen molar-refractivity contribution in [1.29, 1.82) is 0 Å². The van der Waals surface area contributed by atoms with Crippen molar-refractivity contribution in [3.63, 3.8) is 0 Å². The number of aromatic nitrogens is 2. The molecular weight excluding hydrogens is 282 g/mol. The highest BCUT2D eigenvalue weighted by atomic mass is 16.6. The molecule has 1 N–H and O–H groups in total. The molecule has 2 heterocycles. The van der Waals surface area contributed by atoms with Crippen LogP contribution in [0, 0.1) is 0 Å². The average Bonchev–Trinajstić information content (AvgIpc) is 2.89. The Hall–Kier alpha value is -1.56. The summed E-state index contributed by atoms with van der Waals surface area (Å²) in [4.78, 5) is 22.0. The first-order valence-corrected chi connectivity index (χ1v) is 8.09. The van der Waals surface area contributed by atoms with Crippen LogP contribution in [0.2, 0.25) is 0 Å². The number of carbonyl (C=O) groups excluding carboxylic acids is 1. The SMILES string of the molecule is CC(C)(C)OC(=O)N1CCOC(c2nc3c([nH]2)CCCC3)C1. The number of morpholine rings is 1. The number of hydrogen-bond acceptors (Lipinski definition) is 4. The summed E-state index contributed by atoms with van der Waals surface area (Å²) in [6.45, 7) is 7.19. The van der Waals surface area contributed by atoms with Crippen LogP contribution in [0.4, 0.5) is 4.79 Å². The molecule has 22 heavy (non-hydrogen) atoms. The van der Waals surface area contributed by atoms with Crippen LogP contribution in [0.3, 0.4) is 0 Å². The van der Waals surface area contributed by atoms with E-state index in [1.54, 1.807) is 4.90 Å². The number of aromatic amines is 1. The number of imidazole rings is 1. The van der Waals surface area contributed by atoms with Crippen LogP contribution in [-0.4, -0.2) is 46.3 Å². The highest BCUT2D eigenvalue weighted by Crippen LogP contribution is 2.25. The minimum absolute atomic E-state index is 0.188. The van der Waals surface area contributed by atoms with Crippen LogP contribution in [-0.2, 0) is 22.3 Å². The summed E-state index contributed by atoms with van der Waals surface area (Å²) in [6, 6.07) is 0. The Bertz CT molecular complexity index is 524. The maximum Gasteiger partial charge on any atom is 0.410 e. The van der Waals surface area contributed by atoms with E-state index in [0.29, 0.717) is 19.7 Å². The molecule has 1 saturated heterocycles. The van der Waals surface area contributed by atoms with Crippen LogP contribution >= 0.6 is 0 Å². The van der Waals surface area contributed by atoms with Gasteiger partial charge in [-0.05, 0) is 46.5 Å². The smallest absolute Gasteiger partial charge is 0.410 e. The molecule has 1 amide bonds. The van der Waals surface area contributed by atoms with Crippen molar-refractivity contribution in [3.8, 4) is 0 Å². The lowest BCUT2D eigenvalue weighted by Crippen LogP contribution is -2.44. The molecule has 6 heteroatoms. The zero-order valence-electron chi connectivity index (χ0n) is 13.6. The maximum atomic E-state index is 12.2. The third kappa shape index (κ3) is 3.43. The van der Waals surface area contributed by atoms with Gasteiger partial charge in [0.25, 0.3) is 0 Å². The van der Waals surface area contributed by atoms with E-state index >= 15 is 0 Å². The Morgan fingerprint density at radius 3 is 2.86 bits per heavy atom. The third-order valence-electron chi connectivity index (χ3n) is 4.00. The maximum absolute atomic E-state index is 12.2. The molecular formula is C16H25N3O3. The van der Waals surface area contributed by atoms with Gasteiger partial charge in [-0.15, -0.1) is 0 Å². The van der Waals surface area contributed by atoms with Gasteiger partial charge in [-0.25, -0.2) is 9.78 Å². The molecule has 1 aliphatic carbocycles. The number of H-pyrrole nitrogens is 1. The number of nitrogens with one attached hydrogen (secondary N) is 1. The van der Waals surface area contributed by atoms with Gasteiger partial charge in [0.2, 0.25) is 0 Å². The van der Waals surface area contributed by atoms with Gasteiger partial charge in [-0.3, -0.25) is 0 Å². The average molecular weight is 307 g/mol. The van der Waals surface area contributed by atoms with Crippen molar-refractivity contribution in [2.75, 3.05) is 19.7 Å².